The van der Waals surface area contributed by atoms with Gasteiger partial charge in [0.15, 0.2) is 11.4 Å². The first-order valence-electron chi connectivity index (χ1n) is 4.13. The molecule has 0 saturated heterocycles. The van der Waals surface area contributed by atoms with E-state index < -0.39 is 5.97 Å². The van der Waals surface area contributed by atoms with Crippen LogP contribution in [0.25, 0.3) is 5.88 Å². The number of hydrogen-bond acceptors (Lipinski definition) is 4. The highest BCUT2D eigenvalue weighted by Gasteiger charge is 2.20. The van der Waals surface area contributed by atoms with Gasteiger partial charge in [-0.3, -0.25) is 0 Å². The summed E-state index contributed by atoms with van der Waals surface area (Å²) < 4.78 is 11.1. The molecule has 0 radical (unpaired) electrons. The lowest BCUT2D eigenvalue weighted by Gasteiger charge is -2.01. The van der Waals surface area contributed by atoms with Crippen LogP contribution in [0.2, 0.25) is 0 Å². The molecule has 0 aliphatic carbocycles. The van der Waals surface area contributed by atoms with Crippen molar-refractivity contribution < 1.29 is 19.1 Å². The van der Waals surface area contributed by atoms with E-state index in [1.54, 1.807) is 12.1 Å². The number of carboxylic acids is 1. The van der Waals surface area contributed by atoms with Gasteiger partial charge >= 0.3 is 5.97 Å². The molecule has 6 heteroatoms. The summed E-state index contributed by atoms with van der Waals surface area (Å²) in [7, 11) is 1.38. The van der Waals surface area contributed by atoms with Crippen LogP contribution in [0.3, 0.4) is 0 Å². The lowest BCUT2D eigenvalue weighted by atomic mass is 10.4. The largest absolute Gasteiger partial charge is 0.493 e. The zero-order chi connectivity index (χ0) is 10.8. The lowest BCUT2D eigenvalue weighted by molar-refractivity contribution is 0.0682. The molecule has 0 aromatic carbocycles. The van der Waals surface area contributed by atoms with Crippen LogP contribution in [0, 0.1) is 0 Å². The van der Waals surface area contributed by atoms with Gasteiger partial charge in [-0.15, -0.1) is 0 Å². The smallest absolute Gasteiger partial charge is 0.358 e. The van der Waals surface area contributed by atoms with Crippen molar-refractivity contribution in [3.05, 3.63) is 30.3 Å². The maximum atomic E-state index is 11.0. The quantitative estimate of drug-likeness (QED) is 0.819. The van der Waals surface area contributed by atoms with E-state index in [0.29, 0.717) is 5.88 Å². The Kier molecular flexibility index (Phi) is 2.17. The van der Waals surface area contributed by atoms with Gasteiger partial charge in [-0.05, 0) is 6.07 Å². The molecule has 15 heavy (non-hydrogen) atoms. The van der Waals surface area contributed by atoms with E-state index in [4.69, 9.17) is 14.3 Å². The Morgan fingerprint density at radius 1 is 1.67 bits per heavy atom. The second kappa shape index (κ2) is 3.49. The summed E-state index contributed by atoms with van der Waals surface area (Å²) in [6, 6.07) is 3.26. The number of carboxylic acid groups (broad SMARTS) is 1. The Morgan fingerprint density at radius 2 is 2.47 bits per heavy atom. The van der Waals surface area contributed by atoms with Crippen molar-refractivity contribution in [3.63, 3.8) is 0 Å². The molecule has 0 fully saturated rings. The summed E-state index contributed by atoms with van der Waals surface area (Å²) in [5.41, 5.74) is -0.0625. The second-order valence-corrected chi connectivity index (χ2v) is 2.73. The maximum Gasteiger partial charge on any atom is 0.358 e. The maximum absolute atomic E-state index is 11.0. The highest BCUT2D eigenvalue weighted by molar-refractivity contribution is 5.89. The SMILES string of the molecule is COc1cnn(-c2ccco2)c1C(=O)O. The number of hydrogen-bond donors (Lipinski definition) is 1. The molecule has 0 spiro atoms. The molecular weight excluding hydrogens is 200 g/mol. The molecule has 0 aliphatic rings. The van der Waals surface area contributed by atoms with E-state index in [-0.39, 0.29) is 11.4 Å². The van der Waals surface area contributed by atoms with Gasteiger partial charge in [0.1, 0.15) is 0 Å². The minimum absolute atomic E-state index is 0.0625. The Hall–Kier alpha value is -2.24. The molecule has 0 amide bonds. The number of aromatic nitrogens is 2. The summed E-state index contributed by atoms with van der Waals surface area (Å²) in [4.78, 5) is 11.0. The first kappa shape index (κ1) is 9.32. The van der Waals surface area contributed by atoms with E-state index >= 15 is 0 Å². The highest BCUT2D eigenvalue weighted by atomic mass is 16.5. The normalized spacial score (nSPS) is 10.2. The third-order valence-electron chi connectivity index (χ3n) is 1.87. The fourth-order valence-corrected chi connectivity index (χ4v) is 1.24. The van der Waals surface area contributed by atoms with E-state index in [2.05, 4.69) is 5.10 Å². The predicted octanol–water partition coefficient (Wildman–Crippen LogP) is 1.17. The van der Waals surface area contributed by atoms with Gasteiger partial charge in [0.2, 0.25) is 5.88 Å². The average molecular weight is 208 g/mol. The Bertz CT molecular complexity index is 472. The molecule has 0 unspecified atom stereocenters. The Morgan fingerprint density at radius 3 is 3.00 bits per heavy atom. The molecule has 2 heterocycles. The Labute approximate surface area is 84.7 Å². The van der Waals surface area contributed by atoms with Crippen LogP contribution in [-0.4, -0.2) is 28.0 Å². The van der Waals surface area contributed by atoms with Gasteiger partial charge < -0.3 is 14.3 Å². The van der Waals surface area contributed by atoms with E-state index in [0.717, 1.165) is 0 Å². The molecule has 2 aromatic rings. The molecule has 0 aliphatic heterocycles. The zero-order valence-electron chi connectivity index (χ0n) is 7.88. The fraction of sp³-hybridized carbons (Fsp3) is 0.111. The van der Waals surface area contributed by atoms with Crippen molar-refractivity contribution in [3.8, 4) is 11.6 Å². The standard InChI is InChI=1S/C9H8N2O4/c1-14-6-5-10-11(8(6)9(12)13)7-3-2-4-15-7/h2-5H,1H3,(H,12,13). The summed E-state index contributed by atoms with van der Waals surface area (Å²) >= 11 is 0. The third-order valence-corrected chi connectivity index (χ3v) is 1.87. The lowest BCUT2D eigenvalue weighted by Crippen LogP contribution is -2.08. The summed E-state index contributed by atoms with van der Waals surface area (Å²) in [6.45, 7) is 0. The summed E-state index contributed by atoms with van der Waals surface area (Å²) in [5.74, 6) is -0.602. The predicted molar refractivity (Wildman–Crippen MR) is 49.3 cm³/mol. The van der Waals surface area contributed by atoms with Crippen LogP contribution in [-0.2, 0) is 0 Å². The summed E-state index contributed by atoms with van der Waals surface area (Å²) in [5, 5.41) is 12.9. The van der Waals surface area contributed by atoms with Crippen molar-refractivity contribution in [2.45, 2.75) is 0 Å². The van der Waals surface area contributed by atoms with Crippen molar-refractivity contribution in [1.29, 1.82) is 0 Å². The van der Waals surface area contributed by atoms with Crippen molar-refractivity contribution in [2.24, 2.45) is 0 Å². The topological polar surface area (TPSA) is 77.5 Å². The number of aromatic carboxylic acids is 1. The van der Waals surface area contributed by atoms with E-state index in [1.807, 2.05) is 0 Å². The minimum atomic E-state index is -1.12. The summed E-state index contributed by atoms with van der Waals surface area (Å²) in [6.07, 6.45) is 2.76. The van der Waals surface area contributed by atoms with Gasteiger partial charge in [-0.2, -0.15) is 9.78 Å². The highest BCUT2D eigenvalue weighted by Crippen LogP contribution is 2.21. The first-order valence-corrected chi connectivity index (χ1v) is 4.13. The number of furan rings is 1. The zero-order valence-corrected chi connectivity index (χ0v) is 7.88. The molecule has 78 valence electrons. The number of nitrogens with zero attached hydrogens (tertiary/aromatic N) is 2. The Balaban J connectivity index is 2.58. The second-order valence-electron chi connectivity index (χ2n) is 2.73. The van der Waals surface area contributed by atoms with Gasteiger partial charge in [0.05, 0.1) is 19.6 Å². The van der Waals surface area contributed by atoms with Crippen LogP contribution in [0.15, 0.2) is 29.0 Å². The molecule has 0 bridgehead atoms. The third kappa shape index (κ3) is 1.45. The number of ether oxygens (including phenoxy) is 1. The van der Waals surface area contributed by atoms with Crippen LogP contribution >= 0.6 is 0 Å². The molecule has 0 atom stereocenters. The molecule has 2 rings (SSSR count). The average Bonchev–Trinajstić information content (AvgIpc) is 2.85. The van der Waals surface area contributed by atoms with E-state index in [9.17, 15) is 4.79 Å². The van der Waals surface area contributed by atoms with Crippen molar-refractivity contribution in [2.75, 3.05) is 7.11 Å². The van der Waals surface area contributed by atoms with Crippen molar-refractivity contribution >= 4 is 5.97 Å². The van der Waals surface area contributed by atoms with Crippen LogP contribution in [0.4, 0.5) is 0 Å². The molecule has 2 aromatic heterocycles. The number of rotatable bonds is 3. The van der Waals surface area contributed by atoms with Gasteiger partial charge in [0, 0.05) is 6.07 Å². The van der Waals surface area contributed by atoms with Crippen molar-refractivity contribution in [1.82, 2.24) is 9.78 Å². The molecule has 6 nitrogen and oxygen atoms in total. The monoisotopic (exact) mass is 208 g/mol. The van der Waals surface area contributed by atoms with Gasteiger partial charge in [-0.25, -0.2) is 4.79 Å². The van der Waals surface area contributed by atoms with E-state index in [1.165, 1.54) is 24.3 Å². The first-order chi connectivity index (χ1) is 7.24. The van der Waals surface area contributed by atoms with Crippen LogP contribution in [0.1, 0.15) is 10.5 Å². The van der Waals surface area contributed by atoms with Crippen LogP contribution < -0.4 is 4.74 Å². The fourth-order valence-electron chi connectivity index (χ4n) is 1.24. The van der Waals surface area contributed by atoms with Crippen LogP contribution in [0.5, 0.6) is 5.75 Å². The van der Waals surface area contributed by atoms with Gasteiger partial charge in [-0.1, -0.05) is 0 Å². The molecule has 0 saturated carbocycles. The molecule has 1 N–H and O–H groups in total. The number of carbonyl (C=O) groups is 1. The molecular formula is C9H8N2O4. The van der Waals surface area contributed by atoms with Gasteiger partial charge in [0.25, 0.3) is 0 Å². The minimum Gasteiger partial charge on any atom is -0.493 e. The number of methoxy groups -OCH3 is 1.